The molecule has 0 atom stereocenters. The second-order valence-electron chi connectivity index (χ2n) is 5.26. The minimum Gasteiger partial charge on any atom is -0.493 e. The van der Waals surface area contributed by atoms with Gasteiger partial charge in [0.25, 0.3) is 0 Å². The number of likely N-dealkylation sites (tertiary alicyclic amines) is 1. The summed E-state index contributed by atoms with van der Waals surface area (Å²) in [6.45, 7) is 5.73. The van der Waals surface area contributed by atoms with E-state index in [2.05, 4.69) is 10.2 Å². The Hall–Kier alpha value is -1.46. The van der Waals surface area contributed by atoms with Gasteiger partial charge in [-0.05, 0) is 43.6 Å². The molecule has 1 fully saturated rings. The Bertz CT molecular complexity index is 459. The first-order valence-corrected chi connectivity index (χ1v) is 7.26. The van der Waals surface area contributed by atoms with Crippen LogP contribution in [0.4, 0.5) is 0 Å². The average Bonchev–Trinajstić information content (AvgIpc) is 3.13. The lowest BCUT2D eigenvalue weighted by Gasteiger charge is -2.15. The van der Waals surface area contributed by atoms with Crippen molar-refractivity contribution < 1.29 is 14.2 Å². The fraction of sp³-hybridized carbons (Fsp3) is 0.600. The van der Waals surface area contributed by atoms with Gasteiger partial charge in [0.15, 0.2) is 11.5 Å². The van der Waals surface area contributed by atoms with E-state index in [1.54, 1.807) is 7.11 Å². The maximum absolute atomic E-state index is 5.43. The van der Waals surface area contributed by atoms with Crippen LogP contribution < -0.4 is 19.5 Å². The maximum Gasteiger partial charge on any atom is 0.231 e. The first-order chi connectivity index (χ1) is 9.86. The zero-order valence-electron chi connectivity index (χ0n) is 12.0. The molecular weight excluding hydrogens is 256 g/mol. The molecule has 1 saturated heterocycles. The van der Waals surface area contributed by atoms with Crippen molar-refractivity contribution in [1.29, 1.82) is 0 Å². The third-order valence-electron chi connectivity index (χ3n) is 3.85. The number of nitrogens with one attached hydrogen (secondary N) is 1. The molecule has 0 aromatic heterocycles. The van der Waals surface area contributed by atoms with Crippen molar-refractivity contribution in [2.75, 3.05) is 40.1 Å². The van der Waals surface area contributed by atoms with E-state index >= 15 is 0 Å². The Morgan fingerprint density at radius 3 is 2.90 bits per heavy atom. The predicted molar refractivity (Wildman–Crippen MR) is 76.5 cm³/mol. The zero-order chi connectivity index (χ0) is 13.8. The standard InChI is InChI=1S/C15H22N2O3/c1-18-13-8-12(9-14-15(13)20-11-19-14)10-16-4-7-17-5-2-3-6-17/h8-9,16H,2-7,10-11H2,1H3. The highest BCUT2D eigenvalue weighted by molar-refractivity contribution is 5.55. The molecule has 0 saturated carbocycles. The number of benzene rings is 1. The molecular formula is C15H22N2O3. The normalized spacial score (nSPS) is 17.6. The van der Waals surface area contributed by atoms with Gasteiger partial charge >= 0.3 is 0 Å². The summed E-state index contributed by atoms with van der Waals surface area (Å²) in [6, 6.07) is 4.03. The molecule has 1 N–H and O–H groups in total. The third kappa shape index (κ3) is 2.99. The zero-order valence-corrected chi connectivity index (χ0v) is 12.0. The second kappa shape index (κ2) is 6.33. The first-order valence-electron chi connectivity index (χ1n) is 7.26. The van der Waals surface area contributed by atoms with E-state index in [1.807, 2.05) is 12.1 Å². The van der Waals surface area contributed by atoms with Crippen LogP contribution >= 0.6 is 0 Å². The van der Waals surface area contributed by atoms with Crippen molar-refractivity contribution >= 4 is 0 Å². The molecule has 1 aromatic carbocycles. The van der Waals surface area contributed by atoms with Crippen LogP contribution in [0.1, 0.15) is 18.4 Å². The summed E-state index contributed by atoms with van der Waals surface area (Å²) in [4.78, 5) is 2.51. The van der Waals surface area contributed by atoms with E-state index in [-0.39, 0.29) is 6.79 Å². The highest BCUT2D eigenvalue weighted by atomic mass is 16.7. The van der Waals surface area contributed by atoms with Gasteiger partial charge in [0, 0.05) is 19.6 Å². The van der Waals surface area contributed by atoms with Crippen molar-refractivity contribution in [3.8, 4) is 17.2 Å². The Balaban J connectivity index is 1.52. The molecule has 5 heteroatoms. The lowest BCUT2D eigenvalue weighted by Crippen LogP contribution is -2.29. The number of ether oxygens (including phenoxy) is 3. The Morgan fingerprint density at radius 2 is 2.10 bits per heavy atom. The van der Waals surface area contributed by atoms with Crippen LogP contribution in [0.3, 0.4) is 0 Å². The van der Waals surface area contributed by atoms with Crippen LogP contribution in [0.15, 0.2) is 12.1 Å². The first kappa shape index (κ1) is 13.5. The summed E-state index contributed by atoms with van der Waals surface area (Å²) in [7, 11) is 1.65. The number of hydrogen-bond acceptors (Lipinski definition) is 5. The minimum atomic E-state index is 0.275. The van der Waals surface area contributed by atoms with Gasteiger partial charge in [0.1, 0.15) is 0 Å². The molecule has 0 bridgehead atoms. The van der Waals surface area contributed by atoms with Crippen LogP contribution in [-0.2, 0) is 6.54 Å². The minimum absolute atomic E-state index is 0.275. The molecule has 1 aromatic rings. The molecule has 0 spiro atoms. The topological polar surface area (TPSA) is 43.0 Å². The van der Waals surface area contributed by atoms with Gasteiger partial charge in [0.2, 0.25) is 12.5 Å². The molecule has 2 aliphatic heterocycles. The molecule has 5 nitrogen and oxygen atoms in total. The van der Waals surface area contributed by atoms with Gasteiger partial charge < -0.3 is 24.4 Å². The number of rotatable bonds is 6. The van der Waals surface area contributed by atoms with E-state index in [0.29, 0.717) is 5.75 Å². The summed E-state index contributed by atoms with van der Waals surface area (Å²) in [5, 5.41) is 3.48. The van der Waals surface area contributed by atoms with Crippen LogP contribution in [-0.4, -0.2) is 45.0 Å². The SMILES string of the molecule is COc1cc(CNCCN2CCCC2)cc2c1OCO2. The highest BCUT2D eigenvalue weighted by Gasteiger charge is 2.19. The summed E-state index contributed by atoms with van der Waals surface area (Å²) in [6.07, 6.45) is 2.69. The van der Waals surface area contributed by atoms with Gasteiger partial charge in [-0.1, -0.05) is 0 Å². The van der Waals surface area contributed by atoms with Crippen molar-refractivity contribution in [3.05, 3.63) is 17.7 Å². The maximum atomic E-state index is 5.43. The molecule has 3 rings (SSSR count). The molecule has 20 heavy (non-hydrogen) atoms. The summed E-state index contributed by atoms with van der Waals surface area (Å²) in [5.74, 6) is 2.24. The molecule has 2 aliphatic rings. The van der Waals surface area contributed by atoms with Gasteiger partial charge in [0.05, 0.1) is 7.11 Å². The fourth-order valence-electron chi connectivity index (χ4n) is 2.76. The summed E-state index contributed by atoms with van der Waals surface area (Å²) < 4.78 is 16.2. The highest BCUT2D eigenvalue weighted by Crippen LogP contribution is 2.41. The van der Waals surface area contributed by atoms with E-state index in [9.17, 15) is 0 Å². The van der Waals surface area contributed by atoms with E-state index in [1.165, 1.54) is 25.9 Å². The monoisotopic (exact) mass is 278 g/mol. The molecule has 2 heterocycles. The molecule has 0 radical (unpaired) electrons. The van der Waals surface area contributed by atoms with Crippen LogP contribution in [0, 0.1) is 0 Å². The lowest BCUT2D eigenvalue weighted by molar-refractivity contribution is 0.171. The number of nitrogens with zero attached hydrogens (tertiary/aromatic N) is 1. The second-order valence-corrected chi connectivity index (χ2v) is 5.26. The summed E-state index contributed by atoms with van der Waals surface area (Å²) >= 11 is 0. The lowest BCUT2D eigenvalue weighted by atomic mass is 10.2. The van der Waals surface area contributed by atoms with Gasteiger partial charge in [-0.3, -0.25) is 0 Å². The van der Waals surface area contributed by atoms with Crippen molar-refractivity contribution in [2.24, 2.45) is 0 Å². The van der Waals surface area contributed by atoms with Crippen molar-refractivity contribution in [2.45, 2.75) is 19.4 Å². The Kier molecular flexibility index (Phi) is 4.28. The molecule has 0 unspecified atom stereocenters. The third-order valence-corrected chi connectivity index (χ3v) is 3.85. The van der Waals surface area contributed by atoms with Crippen LogP contribution in [0.5, 0.6) is 17.2 Å². The van der Waals surface area contributed by atoms with Gasteiger partial charge in [-0.15, -0.1) is 0 Å². The number of methoxy groups -OCH3 is 1. The number of fused-ring (bicyclic) bond motifs is 1. The van der Waals surface area contributed by atoms with Crippen LogP contribution in [0.25, 0.3) is 0 Å². The van der Waals surface area contributed by atoms with Crippen molar-refractivity contribution in [1.82, 2.24) is 10.2 Å². The molecule has 0 amide bonds. The fourth-order valence-corrected chi connectivity index (χ4v) is 2.76. The van der Waals surface area contributed by atoms with E-state index in [0.717, 1.165) is 36.7 Å². The summed E-state index contributed by atoms with van der Waals surface area (Å²) in [5.41, 5.74) is 1.16. The van der Waals surface area contributed by atoms with E-state index < -0.39 is 0 Å². The Labute approximate surface area is 119 Å². The predicted octanol–water partition coefficient (Wildman–Crippen LogP) is 1.61. The van der Waals surface area contributed by atoms with Gasteiger partial charge in [-0.25, -0.2) is 0 Å². The quantitative estimate of drug-likeness (QED) is 0.801. The van der Waals surface area contributed by atoms with E-state index in [4.69, 9.17) is 14.2 Å². The van der Waals surface area contributed by atoms with Gasteiger partial charge in [-0.2, -0.15) is 0 Å². The Morgan fingerprint density at radius 1 is 1.25 bits per heavy atom. The van der Waals surface area contributed by atoms with Crippen molar-refractivity contribution in [3.63, 3.8) is 0 Å². The largest absolute Gasteiger partial charge is 0.493 e. The van der Waals surface area contributed by atoms with Crippen LogP contribution in [0.2, 0.25) is 0 Å². The molecule has 0 aliphatic carbocycles. The molecule has 110 valence electrons. The smallest absolute Gasteiger partial charge is 0.231 e. The number of hydrogen-bond donors (Lipinski definition) is 1. The average molecular weight is 278 g/mol.